The highest BCUT2D eigenvalue weighted by atomic mass is 127. The summed E-state index contributed by atoms with van der Waals surface area (Å²) in [5.74, 6) is 0.854. The van der Waals surface area contributed by atoms with E-state index >= 15 is 0 Å². The summed E-state index contributed by atoms with van der Waals surface area (Å²) in [6.45, 7) is 2.02. The summed E-state index contributed by atoms with van der Waals surface area (Å²) in [6, 6.07) is 0. The van der Waals surface area contributed by atoms with Gasteiger partial charge in [0.05, 0.1) is 13.3 Å². The molecule has 1 rings (SSSR count). The minimum atomic E-state index is 0.854. The van der Waals surface area contributed by atoms with Crippen molar-refractivity contribution < 1.29 is 4.74 Å². The van der Waals surface area contributed by atoms with Crippen molar-refractivity contribution in [1.29, 1.82) is 0 Å². The Morgan fingerprint density at radius 1 is 1.50 bits per heavy atom. The van der Waals surface area contributed by atoms with E-state index in [9.17, 15) is 0 Å². The van der Waals surface area contributed by atoms with E-state index in [4.69, 9.17) is 4.74 Å². The minimum Gasteiger partial charge on any atom is -0.495 e. The van der Waals surface area contributed by atoms with Gasteiger partial charge in [0.2, 0.25) is 0 Å². The third-order valence-corrected chi connectivity index (χ3v) is 2.42. The van der Waals surface area contributed by atoms with Gasteiger partial charge in [0.1, 0.15) is 5.75 Å². The van der Waals surface area contributed by atoms with Gasteiger partial charge in [0.15, 0.2) is 0 Å². The zero-order valence-electron chi connectivity index (χ0n) is 5.89. The van der Waals surface area contributed by atoms with Gasteiger partial charge in [-0.05, 0) is 29.5 Å². The molecule has 0 fully saturated rings. The van der Waals surface area contributed by atoms with Crippen molar-refractivity contribution in [1.82, 2.24) is 4.98 Å². The number of halogens is 1. The molecule has 0 radical (unpaired) electrons. The Labute approximate surface area is 73.8 Å². The van der Waals surface area contributed by atoms with Crippen LogP contribution in [0.5, 0.6) is 5.75 Å². The summed E-state index contributed by atoms with van der Waals surface area (Å²) in [4.78, 5) is 3.98. The molecule has 10 heavy (non-hydrogen) atoms. The van der Waals surface area contributed by atoms with Gasteiger partial charge in [-0.2, -0.15) is 0 Å². The number of nitrogens with zero attached hydrogens (tertiary/aromatic N) is 1. The van der Waals surface area contributed by atoms with Crippen LogP contribution in [-0.2, 0) is 0 Å². The molecule has 0 saturated carbocycles. The van der Waals surface area contributed by atoms with Crippen LogP contribution >= 0.6 is 22.6 Å². The van der Waals surface area contributed by atoms with Crippen LogP contribution in [0.2, 0.25) is 0 Å². The quantitative estimate of drug-likeness (QED) is 0.710. The van der Waals surface area contributed by atoms with E-state index in [1.165, 1.54) is 0 Å². The molecule has 0 aliphatic heterocycles. The van der Waals surface area contributed by atoms with E-state index < -0.39 is 0 Å². The van der Waals surface area contributed by atoms with Crippen LogP contribution in [0, 0.1) is 10.5 Å². The molecule has 54 valence electrons. The number of hydrogen-bond donors (Lipinski definition) is 0. The van der Waals surface area contributed by atoms with E-state index in [-0.39, 0.29) is 0 Å². The van der Waals surface area contributed by atoms with Crippen LogP contribution in [0.25, 0.3) is 0 Å². The van der Waals surface area contributed by atoms with Crippen molar-refractivity contribution in [3.05, 3.63) is 21.5 Å². The van der Waals surface area contributed by atoms with Gasteiger partial charge in [-0.15, -0.1) is 0 Å². The molecule has 0 N–H and O–H groups in total. The smallest absolute Gasteiger partial charge is 0.141 e. The number of methoxy groups -OCH3 is 1. The Morgan fingerprint density at radius 3 is 2.70 bits per heavy atom. The number of hydrogen-bond acceptors (Lipinski definition) is 2. The summed E-state index contributed by atoms with van der Waals surface area (Å²) < 4.78 is 6.19. The molecule has 1 aromatic rings. The molecule has 1 aromatic heterocycles. The first-order chi connectivity index (χ1) is 4.75. The molecule has 0 aliphatic rings. The fourth-order valence-corrected chi connectivity index (χ4v) is 1.11. The molecule has 1 heterocycles. The summed E-state index contributed by atoms with van der Waals surface area (Å²) in [6.07, 6.45) is 3.54. The summed E-state index contributed by atoms with van der Waals surface area (Å²) in [5, 5.41) is 0. The van der Waals surface area contributed by atoms with Gasteiger partial charge in [0.25, 0.3) is 0 Å². The predicted molar refractivity (Wildman–Crippen MR) is 48.2 cm³/mol. The SMILES string of the molecule is COc1cncc(I)c1C. The summed E-state index contributed by atoms with van der Waals surface area (Å²) >= 11 is 2.23. The maximum atomic E-state index is 5.06. The molecular formula is C7H8INO. The standard InChI is InChI=1S/C7H8INO/c1-5-6(8)3-9-4-7(5)10-2/h3-4H,1-2H3. The number of pyridine rings is 1. The second kappa shape index (κ2) is 3.18. The highest BCUT2D eigenvalue weighted by Gasteiger charge is 1.99. The summed E-state index contributed by atoms with van der Waals surface area (Å²) in [7, 11) is 1.65. The van der Waals surface area contributed by atoms with Crippen LogP contribution in [0.3, 0.4) is 0 Å². The third-order valence-electron chi connectivity index (χ3n) is 1.33. The lowest BCUT2D eigenvalue weighted by atomic mass is 10.3. The van der Waals surface area contributed by atoms with Gasteiger partial charge >= 0.3 is 0 Å². The Hall–Kier alpha value is -0.320. The average molecular weight is 249 g/mol. The van der Waals surface area contributed by atoms with E-state index in [1.807, 2.05) is 13.1 Å². The van der Waals surface area contributed by atoms with Gasteiger partial charge < -0.3 is 4.74 Å². The number of ether oxygens (including phenoxy) is 1. The van der Waals surface area contributed by atoms with Crippen molar-refractivity contribution in [3.8, 4) is 5.75 Å². The monoisotopic (exact) mass is 249 g/mol. The highest BCUT2D eigenvalue weighted by Crippen LogP contribution is 2.19. The molecule has 0 aromatic carbocycles. The fraction of sp³-hybridized carbons (Fsp3) is 0.286. The number of aromatic nitrogens is 1. The van der Waals surface area contributed by atoms with Crippen LogP contribution in [0.1, 0.15) is 5.56 Å². The Bertz CT molecular complexity index is 237. The van der Waals surface area contributed by atoms with Crippen molar-refractivity contribution in [3.63, 3.8) is 0 Å². The van der Waals surface area contributed by atoms with Gasteiger partial charge in [0, 0.05) is 15.3 Å². The Morgan fingerprint density at radius 2 is 2.20 bits per heavy atom. The molecule has 0 unspecified atom stereocenters. The molecule has 0 saturated heterocycles. The molecule has 0 aliphatic carbocycles. The van der Waals surface area contributed by atoms with E-state index in [1.54, 1.807) is 13.3 Å². The zero-order chi connectivity index (χ0) is 7.56. The first-order valence-corrected chi connectivity index (χ1v) is 3.97. The normalized spacial score (nSPS) is 9.50. The van der Waals surface area contributed by atoms with Crippen molar-refractivity contribution >= 4 is 22.6 Å². The largest absolute Gasteiger partial charge is 0.495 e. The lowest BCUT2D eigenvalue weighted by Gasteiger charge is -2.03. The molecule has 0 bridgehead atoms. The van der Waals surface area contributed by atoms with Crippen LogP contribution in [0.4, 0.5) is 0 Å². The minimum absolute atomic E-state index is 0.854. The first kappa shape index (κ1) is 7.78. The van der Waals surface area contributed by atoms with Crippen molar-refractivity contribution in [2.75, 3.05) is 7.11 Å². The van der Waals surface area contributed by atoms with E-state index in [2.05, 4.69) is 27.6 Å². The Balaban J connectivity index is 3.14. The Kier molecular flexibility index (Phi) is 2.48. The molecule has 0 amide bonds. The van der Waals surface area contributed by atoms with Crippen LogP contribution < -0.4 is 4.74 Å². The van der Waals surface area contributed by atoms with Gasteiger partial charge in [-0.25, -0.2) is 0 Å². The topological polar surface area (TPSA) is 22.1 Å². The van der Waals surface area contributed by atoms with Gasteiger partial charge in [-0.1, -0.05) is 0 Å². The van der Waals surface area contributed by atoms with Crippen molar-refractivity contribution in [2.24, 2.45) is 0 Å². The highest BCUT2D eigenvalue weighted by molar-refractivity contribution is 14.1. The molecule has 2 nitrogen and oxygen atoms in total. The summed E-state index contributed by atoms with van der Waals surface area (Å²) in [5.41, 5.74) is 1.15. The average Bonchev–Trinajstić information content (AvgIpc) is 1.95. The van der Waals surface area contributed by atoms with Crippen LogP contribution in [0.15, 0.2) is 12.4 Å². The predicted octanol–water partition coefficient (Wildman–Crippen LogP) is 2.00. The van der Waals surface area contributed by atoms with E-state index in [0.717, 1.165) is 14.9 Å². The molecular weight excluding hydrogens is 241 g/mol. The zero-order valence-corrected chi connectivity index (χ0v) is 8.05. The molecule has 0 spiro atoms. The second-order valence-corrected chi connectivity index (χ2v) is 3.11. The fourth-order valence-electron chi connectivity index (χ4n) is 0.688. The molecule has 0 atom stereocenters. The molecule has 3 heteroatoms. The van der Waals surface area contributed by atoms with E-state index in [0.29, 0.717) is 0 Å². The second-order valence-electron chi connectivity index (χ2n) is 1.95. The maximum Gasteiger partial charge on any atom is 0.141 e. The maximum absolute atomic E-state index is 5.06. The lowest BCUT2D eigenvalue weighted by molar-refractivity contribution is 0.409. The third kappa shape index (κ3) is 1.39. The van der Waals surface area contributed by atoms with Crippen LogP contribution in [-0.4, -0.2) is 12.1 Å². The lowest BCUT2D eigenvalue weighted by Crippen LogP contribution is -1.90. The van der Waals surface area contributed by atoms with Crippen molar-refractivity contribution in [2.45, 2.75) is 6.92 Å². The van der Waals surface area contributed by atoms with Gasteiger partial charge in [-0.3, -0.25) is 4.98 Å². The number of rotatable bonds is 1. The first-order valence-electron chi connectivity index (χ1n) is 2.90.